The third-order valence-electron chi connectivity index (χ3n) is 9.18. The van der Waals surface area contributed by atoms with Gasteiger partial charge in [0.1, 0.15) is 0 Å². The summed E-state index contributed by atoms with van der Waals surface area (Å²) < 4.78 is 0.819. The van der Waals surface area contributed by atoms with Crippen molar-refractivity contribution >= 4 is 35.3 Å². The van der Waals surface area contributed by atoms with Gasteiger partial charge in [-0.25, -0.2) is 0 Å². The largest absolute Gasteiger partial charge is 0.120 e. The van der Waals surface area contributed by atoms with Gasteiger partial charge >= 0.3 is 0 Å². The van der Waals surface area contributed by atoms with Gasteiger partial charge in [0.25, 0.3) is 0 Å². The summed E-state index contributed by atoms with van der Waals surface area (Å²) in [6.45, 7) is 21.8. The van der Waals surface area contributed by atoms with Crippen LogP contribution in [-0.2, 0) is 0 Å². The summed E-state index contributed by atoms with van der Waals surface area (Å²) in [6.07, 6.45) is 33.2. The first-order valence-electron chi connectivity index (χ1n) is 19.6. The SMILES string of the molecule is CCCCCCCCCC(C)(C)Sc1cc(SC(C)(C)CCCCCCCCC)cc(SC(C)(C)CCCCCCCCC)c1. The molecule has 0 spiro atoms. The van der Waals surface area contributed by atoms with Crippen molar-refractivity contribution in [2.75, 3.05) is 0 Å². The van der Waals surface area contributed by atoms with Crippen molar-refractivity contribution in [2.45, 2.75) is 245 Å². The summed E-state index contributed by atoms with van der Waals surface area (Å²) in [5, 5.41) is 0. The highest BCUT2D eigenvalue weighted by Gasteiger charge is 2.25. The van der Waals surface area contributed by atoms with E-state index >= 15 is 0 Å². The highest BCUT2D eigenvalue weighted by molar-refractivity contribution is 8.02. The second kappa shape index (κ2) is 25.3. The van der Waals surface area contributed by atoms with Crippen LogP contribution in [0.2, 0.25) is 0 Å². The average molecular weight is 679 g/mol. The van der Waals surface area contributed by atoms with Crippen molar-refractivity contribution in [1.29, 1.82) is 0 Å². The highest BCUT2D eigenvalue weighted by Crippen LogP contribution is 2.45. The molecule has 0 saturated carbocycles. The molecule has 0 unspecified atom stereocenters. The second-order valence-electron chi connectivity index (χ2n) is 15.8. The summed E-state index contributed by atoms with van der Waals surface area (Å²) in [4.78, 5) is 4.44. The van der Waals surface area contributed by atoms with Crippen LogP contribution in [0.5, 0.6) is 0 Å². The Bertz CT molecular complexity index is 719. The number of thioether (sulfide) groups is 3. The summed E-state index contributed by atoms with van der Waals surface area (Å²) in [5.41, 5.74) is 0. The molecule has 264 valence electrons. The molecule has 0 radical (unpaired) electrons. The van der Waals surface area contributed by atoms with Crippen LogP contribution < -0.4 is 0 Å². The normalized spacial score (nSPS) is 12.7. The van der Waals surface area contributed by atoms with Crippen molar-refractivity contribution in [3.8, 4) is 0 Å². The molecule has 0 saturated heterocycles. The standard InChI is InChI=1S/C42H78S3/c1-10-13-16-19-22-25-28-31-40(4,5)43-37-34-38(44-41(6,7)32-29-26-23-20-17-14-11-2)36-39(35-37)45-42(8,9)33-30-27-24-21-18-15-12-3/h34-36H,10-33H2,1-9H3. The molecular formula is C42H78S3. The van der Waals surface area contributed by atoms with Crippen molar-refractivity contribution in [3.63, 3.8) is 0 Å². The smallest absolute Gasteiger partial charge is 0.0150 e. The molecule has 0 aliphatic heterocycles. The molecular weight excluding hydrogens is 601 g/mol. The van der Waals surface area contributed by atoms with Gasteiger partial charge in [-0.15, -0.1) is 35.3 Å². The Kier molecular flexibility index (Phi) is 24.3. The summed E-state index contributed by atoms with van der Waals surface area (Å²) >= 11 is 6.40. The van der Waals surface area contributed by atoms with Crippen molar-refractivity contribution in [3.05, 3.63) is 18.2 Å². The molecule has 0 fully saturated rings. The third kappa shape index (κ3) is 24.1. The van der Waals surface area contributed by atoms with Crippen molar-refractivity contribution in [1.82, 2.24) is 0 Å². The molecule has 0 N–H and O–H groups in total. The van der Waals surface area contributed by atoms with Crippen LogP contribution in [0, 0.1) is 0 Å². The van der Waals surface area contributed by atoms with Crippen molar-refractivity contribution < 1.29 is 0 Å². The number of hydrogen-bond donors (Lipinski definition) is 0. The number of rotatable bonds is 30. The van der Waals surface area contributed by atoms with Crippen LogP contribution in [0.3, 0.4) is 0 Å². The molecule has 3 heteroatoms. The quantitative estimate of drug-likeness (QED) is 0.0587. The molecule has 1 aromatic carbocycles. The molecule has 1 aromatic rings. The summed E-state index contributed by atoms with van der Waals surface area (Å²) in [5.74, 6) is 0. The Labute approximate surface area is 297 Å². The van der Waals surface area contributed by atoms with Crippen LogP contribution in [0.25, 0.3) is 0 Å². The predicted octanol–water partition coefficient (Wildman–Crippen LogP) is 16.7. The first-order chi connectivity index (χ1) is 21.4. The molecule has 45 heavy (non-hydrogen) atoms. The summed E-state index contributed by atoms with van der Waals surface area (Å²) in [6, 6.07) is 7.59. The molecule has 0 aromatic heterocycles. The fourth-order valence-corrected chi connectivity index (χ4v) is 10.3. The maximum Gasteiger partial charge on any atom is 0.0150 e. The maximum atomic E-state index is 2.53. The van der Waals surface area contributed by atoms with E-state index in [-0.39, 0.29) is 14.2 Å². The minimum absolute atomic E-state index is 0.273. The molecule has 0 atom stereocenters. The Hall–Kier alpha value is 0.270. The van der Waals surface area contributed by atoms with E-state index in [0.29, 0.717) is 0 Å². The molecule has 0 amide bonds. The van der Waals surface area contributed by atoms with Gasteiger partial charge in [0.2, 0.25) is 0 Å². The topological polar surface area (TPSA) is 0 Å². The van der Waals surface area contributed by atoms with Crippen LogP contribution in [0.4, 0.5) is 0 Å². The molecule has 0 heterocycles. The van der Waals surface area contributed by atoms with Gasteiger partial charge in [-0.2, -0.15) is 0 Å². The first kappa shape index (κ1) is 43.3. The Morgan fingerprint density at radius 3 is 0.756 bits per heavy atom. The predicted molar refractivity (Wildman–Crippen MR) is 214 cm³/mol. The molecule has 0 bridgehead atoms. The van der Waals surface area contributed by atoms with E-state index in [2.05, 4.69) is 116 Å². The van der Waals surface area contributed by atoms with Crippen molar-refractivity contribution in [2.24, 2.45) is 0 Å². The van der Waals surface area contributed by atoms with Gasteiger partial charge in [0.15, 0.2) is 0 Å². The Balaban J connectivity index is 2.87. The highest BCUT2D eigenvalue weighted by atomic mass is 32.2. The van der Waals surface area contributed by atoms with E-state index in [9.17, 15) is 0 Å². The van der Waals surface area contributed by atoms with Gasteiger partial charge in [0, 0.05) is 28.9 Å². The van der Waals surface area contributed by atoms with Gasteiger partial charge in [0.05, 0.1) is 0 Å². The van der Waals surface area contributed by atoms with Gasteiger partial charge in [-0.1, -0.05) is 197 Å². The molecule has 0 aliphatic rings. The van der Waals surface area contributed by atoms with E-state index in [4.69, 9.17) is 0 Å². The average Bonchev–Trinajstić information content (AvgIpc) is 2.94. The lowest BCUT2D eigenvalue weighted by Crippen LogP contribution is -2.16. The van der Waals surface area contributed by atoms with Crippen LogP contribution >= 0.6 is 35.3 Å². The van der Waals surface area contributed by atoms with Crippen LogP contribution in [-0.4, -0.2) is 14.2 Å². The van der Waals surface area contributed by atoms with E-state index in [0.717, 1.165) is 0 Å². The minimum Gasteiger partial charge on any atom is -0.120 e. The third-order valence-corrected chi connectivity index (χ3v) is 12.9. The zero-order valence-corrected chi connectivity index (χ0v) is 34.4. The fourth-order valence-electron chi connectivity index (χ4n) is 6.36. The maximum absolute atomic E-state index is 2.53. The zero-order valence-electron chi connectivity index (χ0n) is 31.9. The second-order valence-corrected chi connectivity index (χ2v) is 21.2. The Morgan fingerprint density at radius 2 is 0.533 bits per heavy atom. The monoisotopic (exact) mass is 679 g/mol. The van der Waals surface area contributed by atoms with E-state index in [1.165, 1.54) is 169 Å². The summed E-state index contributed by atoms with van der Waals surface area (Å²) in [7, 11) is 0. The molecule has 1 rings (SSSR count). The number of hydrogen-bond acceptors (Lipinski definition) is 3. The lowest BCUT2D eigenvalue weighted by atomic mass is 10.0. The fraction of sp³-hybridized carbons (Fsp3) is 0.857. The molecule has 0 aliphatic carbocycles. The first-order valence-corrected chi connectivity index (χ1v) is 22.1. The van der Waals surface area contributed by atoms with Gasteiger partial charge in [-0.05, 0) is 37.5 Å². The molecule has 0 nitrogen and oxygen atoms in total. The minimum atomic E-state index is 0.273. The van der Waals surface area contributed by atoms with Crippen LogP contribution in [0.1, 0.15) is 216 Å². The van der Waals surface area contributed by atoms with E-state index in [1.807, 2.05) is 0 Å². The number of unbranched alkanes of at least 4 members (excludes halogenated alkanes) is 18. The van der Waals surface area contributed by atoms with Gasteiger partial charge in [-0.3, -0.25) is 0 Å². The zero-order chi connectivity index (χ0) is 33.4. The lowest BCUT2D eigenvalue weighted by molar-refractivity contribution is 0.535. The van der Waals surface area contributed by atoms with Crippen LogP contribution in [0.15, 0.2) is 32.9 Å². The van der Waals surface area contributed by atoms with Gasteiger partial charge < -0.3 is 0 Å². The van der Waals surface area contributed by atoms with E-state index < -0.39 is 0 Å². The van der Waals surface area contributed by atoms with E-state index in [1.54, 1.807) is 0 Å². The number of benzene rings is 1. The lowest BCUT2D eigenvalue weighted by Gasteiger charge is -2.28. The Morgan fingerprint density at radius 1 is 0.333 bits per heavy atom.